The van der Waals surface area contributed by atoms with Crippen molar-refractivity contribution in [1.82, 2.24) is 31.7 Å². The highest BCUT2D eigenvalue weighted by Gasteiger charge is 2.17. The van der Waals surface area contributed by atoms with Crippen molar-refractivity contribution in [2.75, 3.05) is 26.2 Å². The van der Waals surface area contributed by atoms with Gasteiger partial charge in [-0.1, -0.05) is 58.5 Å². The number of hydrogen-bond acceptors (Lipinski definition) is 6. The monoisotopic (exact) mass is 576 g/mol. The largest absolute Gasteiger partial charge is 0.294 e. The number of nitrogens with zero attached hydrogens (tertiary/aromatic N) is 4. The first-order chi connectivity index (χ1) is 16.3. The molecule has 4 N–H and O–H groups in total. The Morgan fingerprint density at radius 3 is 1.44 bits per heavy atom. The zero-order valence-electron chi connectivity index (χ0n) is 17.6. The quantitative estimate of drug-likeness (QED) is 0.233. The summed E-state index contributed by atoms with van der Waals surface area (Å²) < 4.78 is 0. The maximum atomic E-state index is 6.12. The normalized spacial score (nSPS) is 14.9. The van der Waals surface area contributed by atoms with Crippen LogP contribution in [-0.4, -0.2) is 58.9 Å². The summed E-state index contributed by atoms with van der Waals surface area (Å²) in [6.45, 7) is 2.81. The second-order valence-electron chi connectivity index (χ2n) is 6.93. The highest BCUT2D eigenvalue weighted by molar-refractivity contribution is 7.80. The third-order valence-corrected chi connectivity index (χ3v) is 5.95. The topological polar surface area (TPSA) is 79.3 Å². The van der Waals surface area contributed by atoms with Gasteiger partial charge < -0.3 is 0 Å². The Labute approximate surface area is 228 Å². The molecule has 8 nitrogen and oxygen atoms in total. The molecule has 1 aliphatic rings. The Hall–Kier alpha value is -1.76. The van der Waals surface area contributed by atoms with E-state index in [1.54, 1.807) is 48.8 Å². The van der Waals surface area contributed by atoms with Gasteiger partial charge in [0.1, 0.15) is 0 Å². The molecule has 1 fully saturated rings. The molecule has 1 heterocycles. The lowest BCUT2D eigenvalue weighted by Crippen LogP contribution is -2.59. The lowest BCUT2D eigenvalue weighted by atomic mass is 10.2. The van der Waals surface area contributed by atoms with Crippen LogP contribution in [0.15, 0.2) is 46.6 Å². The summed E-state index contributed by atoms with van der Waals surface area (Å²) >= 11 is 34.6. The second-order valence-corrected chi connectivity index (χ2v) is 9.43. The third-order valence-electron chi connectivity index (χ3n) is 4.46. The maximum Gasteiger partial charge on any atom is 0.201 e. The Morgan fingerprint density at radius 2 is 1.09 bits per heavy atom. The van der Waals surface area contributed by atoms with Crippen molar-refractivity contribution in [2.45, 2.75) is 0 Å². The van der Waals surface area contributed by atoms with Crippen LogP contribution in [0, 0.1) is 0 Å². The van der Waals surface area contributed by atoms with Gasteiger partial charge in [0.25, 0.3) is 0 Å². The first kappa shape index (κ1) is 26.8. The molecule has 1 saturated heterocycles. The number of halogens is 4. The summed E-state index contributed by atoms with van der Waals surface area (Å²) in [4.78, 5) is 0. The second kappa shape index (κ2) is 13.4. The molecule has 34 heavy (non-hydrogen) atoms. The van der Waals surface area contributed by atoms with Gasteiger partial charge in [-0.25, -0.2) is 10.0 Å². The van der Waals surface area contributed by atoms with Crippen LogP contribution in [0.5, 0.6) is 0 Å². The van der Waals surface area contributed by atoms with E-state index in [9.17, 15) is 0 Å². The molecule has 2 aromatic carbocycles. The van der Waals surface area contributed by atoms with E-state index in [1.165, 1.54) is 0 Å². The molecule has 0 unspecified atom stereocenters. The van der Waals surface area contributed by atoms with Crippen LogP contribution in [0.1, 0.15) is 11.1 Å². The van der Waals surface area contributed by atoms with Crippen molar-refractivity contribution in [1.29, 1.82) is 0 Å². The highest BCUT2D eigenvalue weighted by atomic mass is 35.5. The predicted molar refractivity (Wildman–Crippen MR) is 149 cm³/mol. The van der Waals surface area contributed by atoms with Crippen LogP contribution in [0.3, 0.4) is 0 Å². The molecule has 0 atom stereocenters. The minimum Gasteiger partial charge on any atom is -0.294 e. The molecular formula is C20H20Cl4N8S2. The number of piperazine rings is 1. The van der Waals surface area contributed by atoms with Crippen molar-refractivity contribution in [3.63, 3.8) is 0 Å². The molecule has 0 spiro atoms. The molecule has 0 radical (unpaired) electrons. The summed E-state index contributed by atoms with van der Waals surface area (Å²) in [6.07, 6.45) is 3.15. The number of hydrazone groups is 2. The van der Waals surface area contributed by atoms with Crippen LogP contribution < -0.4 is 21.7 Å². The molecule has 0 aromatic heterocycles. The van der Waals surface area contributed by atoms with Crippen molar-refractivity contribution >= 4 is 93.5 Å². The molecule has 180 valence electrons. The van der Waals surface area contributed by atoms with Gasteiger partial charge in [0, 0.05) is 47.4 Å². The fourth-order valence-corrected chi connectivity index (χ4v) is 4.08. The average Bonchev–Trinajstić information content (AvgIpc) is 2.78. The number of hydrazine groups is 2. The van der Waals surface area contributed by atoms with Crippen LogP contribution in [0.2, 0.25) is 20.1 Å². The first-order valence-corrected chi connectivity index (χ1v) is 12.2. The fraction of sp³-hybridized carbons (Fsp3) is 0.200. The van der Waals surface area contributed by atoms with E-state index in [0.717, 1.165) is 11.1 Å². The Kier molecular flexibility index (Phi) is 10.5. The van der Waals surface area contributed by atoms with Crippen molar-refractivity contribution < 1.29 is 0 Å². The summed E-state index contributed by atoms with van der Waals surface area (Å²) in [5.41, 5.74) is 13.2. The zero-order valence-corrected chi connectivity index (χ0v) is 22.2. The number of benzene rings is 2. The molecule has 14 heteroatoms. The molecular weight excluding hydrogens is 558 g/mol. The van der Waals surface area contributed by atoms with Gasteiger partial charge in [0.15, 0.2) is 0 Å². The summed E-state index contributed by atoms with van der Waals surface area (Å²) in [7, 11) is 0. The number of nitrogens with one attached hydrogen (secondary N) is 4. The van der Waals surface area contributed by atoms with E-state index >= 15 is 0 Å². The van der Waals surface area contributed by atoms with Gasteiger partial charge in [0.2, 0.25) is 10.2 Å². The van der Waals surface area contributed by atoms with Crippen molar-refractivity contribution in [3.05, 3.63) is 67.6 Å². The first-order valence-electron chi connectivity index (χ1n) is 9.89. The number of thiocarbonyl (C=S) groups is 2. The fourth-order valence-electron chi connectivity index (χ4n) is 2.80. The zero-order chi connectivity index (χ0) is 24.5. The van der Waals surface area contributed by atoms with Crippen molar-refractivity contribution in [3.8, 4) is 0 Å². The molecule has 0 amide bonds. The molecule has 3 rings (SSSR count). The van der Waals surface area contributed by atoms with E-state index in [4.69, 9.17) is 70.8 Å². The number of rotatable bonds is 6. The molecule has 2 aromatic rings. The smallest absolute Gasteiger partial charge is 0.201 e. The van der Waals surface area contributed by atoms with E-state index in [0.29, 0.717) is 56.5 Å². The molecule has 0 bridgehead atoms. The number of hydrogen-bond donors (Lipinski definition) is 4. The van der Waals surface area contributed by atoms with Crippen LogP contribution in [-0.2, 0) is 0 Å². The summed E-state index contributed by atoms with van der Waals surface area (Å²) in [5.74, 6) is 0. The summed E-state index contributed by atoms with van der Waals surface area (Å²) in [6, 6.07) is 10.3. The standard InChI is InChI=1S/C20H20Cl4N8S2/c21-15-3-1-13(17(23)9-15)11-25-27-19(33)29-31-5-7-32(8-6-31)30-20(34)28-26-12-14-2-4-16(22)10-18(14)24/h1-4,9-12H,5-8H2,(H2,27,29,33)(H2,28,30,34)/b25-11-,26-12-. The van der Waals surface area contributed by atoms with Crippen LogP contribution >= 0.6 is 70.8 Å². The Balaban J connectivity index is 1.35. The highest BCUT2D eigenvalue weighted by Crippen LogP contribution is 2.20. The van der Waals surface area contributed by atoms with E-state index < -0.39 is 0 Å². The predicted octanol–water partition coefficient (Wildman–Crippen LogP) is 4.04. The van der Waals surface area contributed by atoms with Gasteiger partial charge in [-0.2, -0.15) is 10.2 Å². The summed E-state index contributed by atoms with van der Waals surface area (Å²) in [5, 5.41) is 15.0. The van der Waals surface area contributed by atoms with Crippen LogP contribution in [0.4, 0.5) is 0 Å². The van der Waals surface area contributed by atoms with E-state index in [-0.39, 0.29) is 0 Å². The molecule has 0 saturated carbocycles. The minimum atomic E-state index is 0.370. The van der Waals surface area contributed by atoms with Gasteiger partial charge in [-0.3, -0.25) is 21.7 Å². The third kappa shape index (κ3) is 8.79. The Morgan fingerprint density at radius 1 is 0.706 bits per heavy atom. The minimum absolute atomic E-state index is 0.370. The lowest BCUT2D eigenvalue weighted by Gasteiger charge is -2.35. The SMILES string of the molecule is S=C(N/N=C\c1ccc(Cl)cc1Cl)NN1CCN(NC(=S)N/N=C\c2ccc(Cl)cc2Cl)CC1. The van der Waals surface area contributed by atoms with Gasteiger partial charge in [-0.15, -0.1) is 0 Å². The van der Waals surface area contributed by atoms with Gasteiger partial charge in [0.05, 0.1) is 22.5 Å². The van der Waals surface area contributed by atoms with E-state index in [2.05, 4.69) is 31.9 Å². The van der Waals surface area contributed by atoms with Crippen LogP contribution in [0.25, 0.3) is 0 Å². The Bertz CT molecular complexity index is 1000. The van der Waals surface area contributed by atoms with Crippen molar-refractivity contribution in [2.24, 2.45) is 10.2 Å². The van der Waals surface area contributed by atoms with E-state index in [1.807, 2.05) is 10.0 Å². The van der Waals surface area contributed by atoms with Gasteiger partial charge in [-0.05, 0) is 48.7 Å². The molecule has 0 aliphatic carbocycles. The average molecular weight is 578 g/mol. The lowest BCUT2D eigenvalue weighted by molar-refractivity contribution is 0.0936. The molecule has 1 aliphatic heterocycles. The van der Waals surface area contributed by atoms with Gasteiger partial charge >= 0.3 is 0 Å². The maximum absolute atomic E-state index is 6.12.